The van der Waals surface area contributed by atoms with Crippen LogP contribution in [0.25, 0.3) is 0 Å². The third kappa shape index (κ3) is 2.81. The molecular weight excluding hydrogens is 231 g/mol. The predicted molar refractivity (Wildman–Crippen MR) is 71.8 cm³/mol. The van der Waals surface area contributed by atoms with E-state index >= 15 is 0 Å². The van der Waals surface area contributed by atoms with Crippen LogP contribution in [0.5, 0.6) is 0 Å². The number of nitrogens with zero attached hydrogens (tertiary/aromatic N) is 1. The fourth-order valence-electron chi connectivity index (χ4n) is 2.29. The largest absolute Gasteiger partial charge is 0.382 e. The Morgan fingerprint density at radius 3 is 3.00 bits per heavy atom. The molecule has 0 spiro atoms. The van der Waals surface area contributed by atoms with Gasteiger partial charge in [-0.1, -0.05) is 0 Å². The van der Waals surface area contributed by atoms with Crippen molar-refractivity contribution in [1.82, 2.24) is 0 Å². The Hall–Kier alpha value is -1.58. The maximum atomic E-state index is 12.8. The van der Waals surface area contributed by atoms with E-state index in [0.29, 0.717) is 6.54 Å². The van der Waals surface area contributed by atoms with Crippen LogP contribution in [-0.2, 0) is 11.2 Å². The molecule has 2 rings (SSSR count). The lowest BCUT2D eigenvalue weighted by Crippen LogP contribution is -2.33. The summed E-state index contributed by atoms with van der Waals surface area (Å²) in [4.78, 5) is 13.3. The minimum Gasteiger partial charge on any atom is -0.382 e. The molecule has 1 atom stereocenters. The quantitative estimate of drug-likeness (QED) is 0.894. The fourth-order valence-corrected chi connectivity index (χ4v) is 2.29. The number of halogens is 1. The van der Waals surface area contributed by atoms with Gasteiger partial charge in [-0.2, -0.15) is 0 Å². The molecule has 18 heavy (non-hydrogen) atoms. The Bertz CT molecular complexity index is 445. The van der Waals surface area contributed by atoms with Crippen LogP contribution in [0.4, 0.5) is 15.8 Å². The number of anilines is 2. The van der Waals surface area contributed by atoms with Gasteiger partial charge in [-0.3, -0.25) is 4.79 Å². The molecule has 1 aliphatic rings. The van der Waals surface area contributed by atoms with Crippen molar-refractivity contribution in [2.24, 2.45) is 0 Å². The van der Waals surface area contributed by atoms with Crippen molar-refractivity contribution in [2.45, 2.75) is 32.9 Å². The molecule has 3 nitrogen and oxygen atoms in total. The molecule has 0 aliphatic carbocycles. The van der Waals surface area contributed by atoms with Crippen LogP contribution >= 0.6 is 0 Å². The number of aryl methyl sites for hydroxylation is 1. The number of carbonyl (C=O) groups is 1. The maximum Gasteiger partial charge on any atom is 0.223 e. The molecule has 0 radical (unpaired) electrons. The summed E-state index contributed by atoms with van der Waals surface area (Å²) in [7, 11) is 0. The van der Waals surface area contributed by atoms with Crippen LogP contribution in [0.1, 0.15) is 25.8 Å². The Kier molecular flexibility index (Phi) is 3.84. The average Bonchev–Trinajstić information content (AvgIpc) is 2.35. The highest BCUT2D eigenvalue weighted by molar-refractivity contribution is 5.93. The highest BCUT2D eigenvalue weighted by atomic mass is 19.1. The number of alkyl halides is 1. The van der Waals surface area contributed by atoms with Gasteiger partial charge in [0.1, 0.15) is 6.17 Å². The van der Waals surface area contributed by atoms with E-state index in [4.69, 9.17) is 0 Å². The standard InChI is InChI=1S/C14H19FN2O/c1-10(15)9-16-13-5-6-14-12(8-13)4-3-7-17(14)11(2)18/h5-6,8,10,16H,3-4,7,9H2,1-2H3. The maximum absolute atomic E-state index is 12.8. The van der Waals surface area contributed by atoms with Crippen molar-refractivity contribution in [2.75, 3.05) is 23.3 Å². The molecule has 1 heterocycles. The third-order valence-electron chi connectivity index (χ3n) is 3.17. The van der Waals surface area contributed by atoms with Crippen molar-refractivity contribution >= 4 is 17.3 Å². The summed E-state index contributed by atoms with van der Waals surface area (Å²) in [6.45, 7) is 4.22. The van der Waals surface area contributed by atoms with Crippen LogP contribution in [0.2, 0.25) is 0 Å². The van der Waals surface area contributed by atoms with Gasteiger partial charge in [0.15, 0.2) is 0 Å². The smallest absolute Gasteiger partial charge is 0.223 e. The molecular formula is C14H19FN2O. The van der Waals surface area contributed by atoms with Gasteiger partial charge in [-0.05, 0) is 43.5 Å². The van der Waals surface area contributed by atoms with E-state index in [2.05, 4.69) is 5.32 Å². The van der Waals surface area contributed by atoms with Crippen LogP contribution < -0.4 is 10.2 Å². The van der Waals surface area contributed by atoms with Crippen LogP contribution in [0.3, 0.4) is 0 Å². The number of benzene rings is 1. The van der Waals surface area contributed by atoms with E-state index in [1.807, 2.05) is 18.2 Å². The molecule has 1 N–H and O–H groups in total. The number of fused-ring (bicyclic) bond motifs is 1. The number of hydrogen-bond acceptors (Lipinski definition) is 2. The second-order valence-electron chi connectivity index (χ2n) is 4.78. The number of carbonyl (C=O) groups excluding carboxylic acids is 1. The zero-order chi connectivity index (χ0) is 13.1. The lowest BCUT2D eigenvalue weighted by atomic mass is 10.0. The topological polar surface area (TPSA) is 32.3 Å². The van der Waals surface area contributed by atoms with Gasteiger partial charge in [0, 0.05) is 31.4 Å². The number of amides is 1. The second kappa shape index (κ2) is 5.38. The van der Waals surface area contributed by atoms with Gasteiger partial charge in [0.2, 0.25) is 5.91 Å². The lowest BCUT2D eigenvalue weighted by Gasteiger charge is -2.29. The van der Waals surface area contributed by atoms with E-state index in [1.165, 1.54) is 6.92 Å². The first-order valence-electron chi connectivity index (χ1n) is 6.37. The number of rotatable bonds is 3. The van der Waals surface area contributed by atoms with Crippen molar-refractivity contribution in [3.8, 4) is 0 Å². The Morgan fingerprint density at radius 2 is 2.33 bits per heavy atom. The molecule has 1 unspecified atom stereocenters. The first-order valence-corrected chi connectivity index (χ1v) is 6.37. The molecule has 0 fully saturated rings. The predicted octanol–water partition coefficient (Wildman–Crippen LogP) is 2.76. The number of hydrogen-bond donors (Lipinski definition) is 1. The molecule has 1 aliphatic heterocycles. The highest BCUT2D eigenvalue weighted by Crippen LogP contribution is 2.29. The number of nitrogens with one attached hydrogen (secondary N) is 1. The summed E-state index contributed by atoms with van der Waals surface area (Å²) in [5.74, 6) is 0.0778. The Balaban J connectivity index is 2.19. The first-order chi connectivity index (χ1) is 8.58. The Labute approximate surface area is 107 Å². The van der Waals surface area contributed by atoms with E-state index in [1.54, 1.807) is 11.8 Å². The van der Waals surface area contributed by atoms with Crippen LogP contribution in [0, 0.1) is 0 Å². The van der Waals surface area contributed by atoms with Gasteiger partial charge in [0.05, 0.1) is 0 Å². The Morgan fingerprint density at radius 1 is 1.56 bits per heavy atom. The molecule has 1 amide bonds. The minimum atomic E-state index is -0.866. The van der Waals surface area contributed by atoms with Crippen molar-refractivity contribution in [3.63, 3.8) is 0 Å². The highest BCUT2D eigenvalue weighted by Gasteiger charge is 2.19. The van der Waals surface area contributed by atoms with E-state index < -0.39 is 6.17 Å². The van der Waals surface area contributed by atoms with Crippen molar-refractivity contribution in [1.29, 1.82) is 0 Å². The third-order valence-corrected chi connectivity index (χ3v) is 3.17. The summed E-state index contributed by atoms with van der Waals surface area (Å²) in [5, 5.41) is 3.06. The van der Waals surface area contributed by atoms with Crippen LogP contribution in [-0.4, -0.2) is 25.2 Å². The van der Waals surface area contributed by atoms with Gasteiger partial charge in [0.25, 0.3) is 0 Å². The fraction of sp³-hybridized carbons (Fsp3) is 0.500. The minimum absolute atomic E-state index is 0.0778. The molecule has 0 bridgehead atoms. The van der Waals surface area contributed by atoms with Crippen LogP contribution in [0.15, 0.2) is 18.2 Å². The monoisotopic (exact) mass is 250 g/mol. The van der Waals surface area contributed by atoms with Gasteiger partial charge in [-0.25, -0.2) is 4.39 Å². The average molecular weight is 250 g/mol. The van der Waals surface area contributed by atoms with Crippen molar-refractivity contribution in [3.05, 3.63) is 23.8 Å². The normalized spacial score (nSPS) is 16.1. The summed E-state index contributed by atoms with van der Waals surface area (Å²) >= 11 is 0. The molecule has 0 saturated heterocycles. The molecule has 98 valence electrons. The molecule has 0 saturated carbocycles. The molecule has 0 aromatic heterocycles. The SMILES string of the molecule is CC(=O)N1CCCc2cc(NCC(C)F)ccc21. The summed E-state index contributed by atoms with van der Waals surface area (Å²) in [6, 6.07) is 5.87. The second-order valence-corrected chi connectivity index (χ2v) is 4.78. The van der Waals surface area contributed by atoms with E-state index in [9.17, 15) is 9.18 Å². The van der Waals surface area contributed by atoms with Gasteiger partial charge in [-0.15, -0.1) is 0 Å². The summed E-state index contributed by atoms with van der Waals surface area (Å²) in [6.07, 6.45) is 1.09. The van der Waals surface area contributed by atoms with E-state index in [-0.39, 0.29) is 5.91 Å². The van der Waals surface area contributed by atoms with E-state index in [0.717, 1.165) is 36.3 Å². The summed E-state index contributed by atoms with van der Waals surface area (Å²) in [5.41, 5.74) is 3.07. The molecule has 1 aromatic rings. The van der Waals surface area contributed by atoms with Crippen molar-refractivity contribution < 1.29 is 9.18 Å². The van der Waals surface area contributed by atoms with Gasteiger partial charge < -0.3 is 10.2 Å². The zero-order valence-corrected chi connectivity index (χ0v) is 10.9. The molecule has 4 heteroatoms. The summed E-state index contributed by atoms with van der Waals surface area (Å²) < 4.78 is 12.8. The zero-order valence-electron chi connectivity index (χ0n) is 10.9. The lowest BCUT2D eigenvalue weighted by molar-refractivity contribution is -0.116. The van der Waals surface area contributed by atoms with Gasteiger partial charge >= 0.3 is 0 Å². The molecule has 1 aromatic carbocycles. The first kappa shape index (κ1) is 12.9.